The van der Waals surface area contributed by atoms with Crippen molar-refractivity contribution in [2.24, 2.45) is 0 Å². The van der Waals surface area contributed by atoms with Crippen LogP contribution in [0.5, 0.6) is 0 Å². The van der Waals surface area contributed by atoms with Crippen LogP contribution in [0.2, 0.25) is 0 Å². The lowest BCUT2D eigenvalue weighted by Crippen LogP contribution is -2.34. The summed E-state index contributed by atoms with van der Waals surface area (Å²) in [5.41, 5.74) is 3.02. The second kappa shape index (κ2) is 12.5. The highest BCUT2D eigenvalue weighted by Crippen LogP contribution is 2.40. The zero-order valence-electron chi connectivity index (χ0n) is 23.3. The van der Waals surface area contributed by atoms with Gasteiger partial charge < -0.3 is 35.0 Å². The number of benzene rings is 1. The number of aryl methyl sites for hydroxylation is 1. The number of anilines is 2. The molecule has 0 amide bonds. The fraction of sp³-hybridized carbons (Fsp3) is 0.517. The minimum atomic E-state index is -1.23. The Hall–Kier alpha value is -3.58. The molecule has 4 N–H and O–H groups in total. The summed E-state index contributed by atoms with van der Waals surface area (Å²) in [7, 11) is 0. The van der Waals surface area contributed by atoms with Crippen molar-refractivity contribution >= 4 is 22.9 Å². The molecule has 0 saturated carbocycles. The molecule has 12 heteroatoms. The standard InChI is InChI=1S/C29H38N8O4/c1-2-20-17-21(41-35-20)25-23(38)24(39)28(40-25)37-18-32-22-26(30-12-11-19-9-5-3-6-10-19)33-29(34-27(22)37)31-13-16-36-14-7-4-8-15-36/h3,5-6,9-10,17-18,23-25,28,38-39H,2,4,7-8,11-16H2,1H3,(H2,30,31,33,34)/t23-,24+,25?,28+/m0/s1. The SMILES string of the molecule is CCc1cc(C2O[C@@H](n3cnc4c(NCCc5ccccc5)nc(NCCN5CCCCC5)nc43)[C@H](O)[C@@H]2O)on1. The van der Waals surface area contributed by atoms with Crippen LogP contribution in [0.1, 0.15) is 55.5 Å². The van der Waals surface area contributed by atoms with Crippen LogP contribution in [0.15, 0.2) is 47.2 Å². The highest BCUT2D eigenvalue weighted by molar-refractivity contribution is 5.84. The number of likely N-dealkylation sites (tertiary alicyclic amines) is 1. The first-order chi connectivity index (χ1) is 20.1. The highest BCUT2D eigenvalue weighted by Gasteiger charge is 2.47. The number of rotatable bonds is 11. The average molecular weight is 563 g/mol. The van der Waals surface area contributed by atoms with Gasteiger partial charge in [0.2, 0.25) is 5.95 Å². The van der Waals surface area contributed by atoms with Crippen molar-refractivity contribution < 1.29 is 19.5 Å². The lowest BCUT2D eigenvalue weighted by molar-refractivity contribution is -0.0434. The second-order valence-corrected chi connectivity index (χ2v) is 10.7. The Morgan fingerprint density at radius 2 is 1.83 bits per heavy atom. The molecule has 4 atom stereocenters. The molecule has 2 fully saturated rings. The number of imidazole rings is 1. The maximum absolute atomic E-state index is 11.0. The van der Waals surface area contributed by atoms with E-state index in [2.05, 4.69) is 37.8 Å². The Balaban J connectivity index is 1.25. The molecule has 2 aliphatic heterocycles. The van der Waals surface area contributed by atoms with Gasteiger partial charge in [0.15, 0.2) is 29.0 Å². The Kier molecular flexibility index (Phi) is 8.42. The maximum Gasteiger partial charge on any atom is 0.226 e. The molecule has 12 nitrogen and oxygen atoms in total. The first kappa shape index (κ1) is 27.6. The highest BCUT2D eigenvalue weighted by atomic mass is 16.6. The molecule has 0 radical (unpaired) electrons. The third-order valence-electron chi connectivity index (χ3n) is 7.86. The van der Waals surface area contributed by atoms with Crippen LogP contribution in [-0.4, -0.2) is 84.7 Å². The minimum Gasteiger partial charge on any atom is -0.387 e. The molecule has 0 spiro atoms. The Morgan fingerprint density at radius 1 is 1.00 bits per heavy atom. The van der Waals surface area contributed by atoms with E-state index >= 15 is 0 Å². The summed E-state index contributed by atoms with van der Waals surface area (Å²) in [6, 6.07) is 12.0. The summed E-state index contributed by atoms with van der Waals surface area (Å²) >= 11 is 0. The largest absolute Gasteiger partial charge is 0.387 e. The van der Waals surface area contributed by atoms with Gasteiger partial charge >= 0.3 is 0 Å². The van der Waals surface area contributed by atoms with Crippen molar-refractivity contribution in [3.05, 3.63) is 59.7 Å². The van der Waals surface area contributed by atoms with Crippen molar-refractivity contribution in [2.75, 3.05) is 43.4 Å². The van der Waals surface area contributed by atoms with Gasteiger partial charge in [-0.1, -0.05) is 48.8 Å². The summed E-state index contributed by atoms with van der Waals surface area (Å²) in [6.07, 6.45) is 2.62. The molecule has 5 heterocycles. The van der Waals surface area contributed by atoms with E-state index < -0.39 is 24.5 Å². The number of ether oxygens (including phenoxy) is 1. The summed E-state index contributed by atoms with van der Waals surface area (Å²) < 4.78 is 13.2. The zero-order valence-corrected chi connectivity index (χ0v) is 23.3. The molecule has 6 rings (SSSR count). The Bertz CT molecular complexity index is 1420. The van der Waals surface area contributed by atoms with Crippen LogP contribution in [0.3, 0.4) is 0 Å². The van der Waals surface area contributed by atoms with E-state index in [4.69, 9.17) is 19.2 Å². The van der Waals surface area contributed by atoms with Crippen LogP contribution in [-0.2, 0) is 17.6 Å². The van der Waals surface area contributed by atoms with Crippen molar-refractivity contribution in [3.8, 4) is 0 Å². The normalized spacial score (nSPS) is 23.3. The fourth-order valence-corrected chi connectivity index (χ4v) is 5.54. The van der Waals surface area contributed by atoms with Gasteiger partial charge in [0.05, 0.1) is 12.0 Å². The average Bonchev–Trinajstić information content (AvgIpc) is 3.72. The number of nitrogens with zero attached hydrogens (tertiary/aromatic N) is 6. The molecule has 3 aromatic heterocycles. The van der Waals surface area contributed by atoms with Gasteiger partial charge in [-0.25, -0.2) is 4.98 Å². The van der Waals surface area contributed by atoms with Crippen molar-refractivity contribution in [3.63, 3.8) is 0 Å². The van der Waals surface area contributed by atoms with Crippen LogP contribution < -0.4 is 10.6 Å². The van der Waals surface area contributed by atoms with Crippen molar-refractivity contribution in [1.82, 2.24) is 29.6 Å². The molecule has 0 aliphatic carbocycles. The third-order valence-corrected chi connectivity index (χ3v) is 7.86. The zero-order chi connectivity index (χ0) is 28.2. The molecule has 41 heavy (non-hydrogen) atoms. The topological polar surface area (TPSA) is 147 Å². The van der Waals surface area contributed by atoms with Crippen LogP contribution in [0.4, 0.5) is 11.8 Å². The Labute approximate surface area is 238 Å². The number of aromatic nitrogens is 5. The van der Waals surface area contributed by atoms with Crippen LogP contribution in [0.25, 0.3) is 11.2 Å². The fourth-order valence-electron chi connectivity index (χ4n) is 5.54. The van der Waals surface area contributed by atoms with Crippen LogP contribution >= 0.6 is 0 Å². The number of fused-ring (bicyclic) bond motifs is 1. The maximum atomic E-state index is 11.0. The first-order valence-electron chi connectivity index (χ1n) is 14.6. The van der Waals surface area contributed by atoms with Gasteiger partial charge in [0.1, 0.15) is 18.3 Å². The van der Waals surface area contributed by atoms with Gasteiger partial charge in [0, 0.05) is 25.7 Å². The predicted molar refractivity (Wildman–Crippen MR) is 153 cm³/mol. The molecule has 1 unspecified atom stereocenters. The van der Waals surface area contributed by atoms with Gasteiger partial charge in [-0.2, -0.15) is 9.97 Å². The second-order valence-electron chi connectivity index (χ2n) is 10.7. The Morgan fingerprint density at radius 3 is 2.61 bits per heavy atom. The number of aliphatic hydroxyl groups excluding tert-OH is 2. The summed E-state index contributed by atoms with van der Waals surface area (Å²) in [5.74, 6) is 1.43. The van der Waals surface area contributed by atoms with Crippen molar-refractivity contribution in [2.45, 2.75) is 63.6 Å². The number of piperidine rings is 1. The van der Waals surface area contributed by atoms with E-state index in [1.165, 1.54) is 24.8 Å². The van der Waals surface area contributed by atoms with E-state index in [-0.39, 0.29) is 0 Å². The number of nitrogens with one attached hydrogen (secondary N) is 2. The van der Waals surface area contributed by atoms with Gasteiger partial charge in [0.25, 0.3) is 0 Å². The smallest absolute Gasteiger partial charge is 0.226 e. The van der Waals surface area contributed by atoms with Gasteiger partial charge in [-0.3, -0.25) is 4.57 Å². The number of hydrogen-bond donors (Lipinski definition) is 4. The van der Waals surface area contributed by atoms with E-state index in [0.717, 1.165) is 31.7 Å². The van der Waals surface area contributed by atoms with Crippen LogP contribution in [0, 0.1) is 0 Å². The molecule has 0 bridgehead atoms. The minimum absolute atomic E-state index is 0.373. The van der Waals surface area contributed by atoms with E-state index in [1.807, 2.05) is 25.1 Å². The van der Waals surface area contributed by atoms with Crippen molar-refractivity contribution in [1.29, 1.82) is 0 Å². The predicted octanol–water partition coefficient (Wildman–Crippen LogP) is 2.92. The van der Waals surface area contributed by atoms with Gasteiger partial charge in [-0.15, -0.1) is 0 Å². The number of hydrogen-bond acceptors (Lipinski definition) is 11. The molecule has 218 valence electrons. The molecule has 1 aromatic carbocycles. The number of aliphatic hydroxyl groups is 2. The van der Waals surface area contributed by atoms with E-state index in [9.17, 15) is 10.2 Å². The first-order valence-corrected chi connectivity index (χ1v) is 14.6. The van der Waals surface area contributed by atoms with E-state index in [1.54, 1.807) is 17.0 Å². The monoisotopic (exact) mass is 562 g/mol. The molecular formula is C29H38N8O4. The van der Waals surface area contributed by atoms with E-state index in [0.29, 0.717) is 48.2 Å². The quantitative estimate of drug-likeness (QED) is 0.214. The lowest BCUT2D eigenvalue weighted by Gasteiger charge is -2.26. The lowest BCUT2D eigenvalue weighted by atomic mass is 10.1. The summed E-state index contributed by atoms with van der Waals surface area (Å²) in [4.78, 5) is 16.6. The molecule has 4 aromatic rings. The molecule has 2 saturated heterocycles. The molecule has 2 aliphatic rings. The molecular weight excluding hydrogens is 524 g/mol. The summed E-state index contributed by atoms with van der Waals surface area (Å²) in [5, 5.41) is 32.7. The third kappa shape index (κ3) is 6.05. The van der Waals surface area contributed by atoms with Gasteiger partial charge in [-0.05, 0) is 44.3 Å². The summed E-state index contributed by atoms with van der Waals surface area (Å²) in [6.45, 7) is 6.47.